The van der Waals surface area contributed by atoms with Crippen molar-refractivity contribution in [2.75, 3.05) is 11.9 Å². The zero-order valence-electron chi connectivity index (χ0n) is 16.3. The molecule has 1 aromatic heterocycles. The van der Waals surface area contributed by atoms with Crippen LogP contribution in [0.1, 0.15) is 47.5 Å². The summed E-state index contributed by atoms with van der Waals surface area (Å²) in [5.74, 6) is -0.721. The lowest BCUT2D eigenvalue weighted by molar-refractivity contribution is -0.173. The molecule has 0 aliphatic carbocycles. The van der Waals surface area contributed by atoms with Crippen LogP contribution in [0.3, 0.4) is 0 Å². The molecule has 3 amide bonds. The number of nitrogens with one attached hydrogen (secondary N) is 2. The molecule has 1 aliphatic rings. The van der Waals surface area contributed by atoms with E-state index in [1.165, 1.54) is 4.68 Å². The summed E-state index contributed by atoms with van der Waals surface area (Å²) in [6, 6.07) is 0.769. The van der Waals surface area contributed by atoms with Crippen molar-refractivity contribution < 1.29 is 24.3 Å². The first-order valence-corrected chi connectivity index (χ1v) is 8.77. The van der Waals surface area contributed by atoms with Crippen molar-refractivity contribution in [1.29, 1.82) is 0 Å². The first-order valence-electron chi connectivity index (χ1n) is 8.77. The van der Waals surface area contributed by atoms with Crippen LogP contribution in [0.4, 0.5) is 10.6 Å². The van der Waals surface area contributed by atoms with Gasteiger partial charge in [0, 0.05) is 18.8 Å². The van der Waals surface area contributed by atoms with Crippen LogP contribution in [0.25, 0.3) is 0 Å². The molecule has 0 aromatic carbocycles. The normalized spacial score (nSPS) is 18.2. The van der Waals surface area contributed by atoms with E-state index in [0.717, 1.165) is 0 Å². The van der Waals surface area contributed by atoms with Crippen LogP contribution in [0.5, 0.6) is 0 Å². The molecule has 1 aliphatic heterocycles. The van der Waals surface area contributed by atoms with Crippen molar-refractivity contribution in [3.8, 4) is 0 Å². The van der Waals surface area contributed by atoms with Crippen molar-refractivity contribution in [2.45, 2.75) is 64.6 Å². The molecule has 0 radical (unpaired) electrons. The fourth-order valence-corrected chi connectivity index (χ4v) is 2.54. The summed E-state index contributed by atoms with van der Waals surface area (Å²) in [6.45, 7) is 8.77. The molecule has 2 rings (SSSR count). The molecular formula is C17H27N5O5. The van der Waals surface area contributed by atoms with Gasteiger partial charge in [0.05, 0.1) is 0 Å². The average Bonchev–Trinajstić information content (AvgIpc) is 2.98. The molecular weight excluding hydrogens is 354 g/mol. The van der Waals surface area contributed by atoms with Crippen molar-refractivity contribution >= 4 is 23.7 Å². The summed E-state index contributed by atoms with van der Waals surface area (Å²) in [7, 11) is 0. The monoisotopic (exact) mass is 381 g/mol. The summed E-state index contributed by atoms with van der Waals surface area (Å²) >= 11 is 0. The van der Waals surface area contributed by atoms with E-state index in [1.54, 1.807) is 46.9 Å². The zero-order valence-corrected chi connectivity index (χ0v) is 16.3. The van der Waals surface area contributed by atoms with Crippen LogP contribution in [-0.4, -0.2) is 56.1 Å². The van der Waals surface area contributed by atoms with Gasteiger partial charge in [-0.2, -0.15) is 5.10 Å². The van der Waals surface area contributed by atoms with Gasteiger partial charge in [-0.15, -0.1) is 0 Å². The maximum atomic E-state index is 12.7. The van der Waals surface area contributed by atoms with Crippen molar-refractivity contribution in [3.63, 3.8) is 0 Å². The van der Waals surface area contributed by atoms with Crippen molar-refractivity contribution in [2.24, 2.45) is 0 Å². The van der Waals surface area contributed by atoms with E-state index in [-0.39, 0.29) is 12.4 Å². The topological polar surface area (TPSA) is 126 Å². The number of amides is 3. The van der Waals surface area contributed by atoms with E-state index >= 15 is 0 Å². The van der Waals surface area contributed by atoms with Crippen LogP contribution in [0, 0.1) is 0 Å². The molecule has 1 fully saturated rings. The van der Waals surface area contributed by atoms with Gasteiger partial charge in [-0.25, -0.2) is 9.86 Å². The Labute approximate surface area is 157 Å². The second-order valence-corrected chi connectivity index (χ2v) is 7.96. The fourth-order valence-electron chi connectivity index (χ4n) is 2.54. The summed E-state index contributed by atoms with van der Waals surface area (Å²) in [5, 5.41) is 19.5. The van der Waals surface area contributed by atoms with E-state index in [9.17, 15) is 19.6 Å². The van der Waals surface area contributed by atoms with Gasteiger partial charge in [-0.05, 0) is 47.5 Å². The van der Waals surface area contributed by atoms with Crippen LogP contribution in [0.15, 0.2) is 12.3 Å². The molecule has 150 valence electrons. The lowest BCUT2D eigenvalue weighted by Gasteiger charge is -2.31. The van der Waals surface area contributed by atoms with E-state index in [0.29, 0.717) is 17.9 Å². The van der Waals surface area contributed by atoms with Crippen molar-refractivity contribution in [3.05, 3.63) is 12.3 Å². The molecule has 10 nitrogen and oxygen atoms in total. The van der Waals surface area contributed by atoms with Gasteiger partial charge < -0.3 is 10.1 Å². The Kier molecular flexibility index (Phi) is 5.79. The molecule has 0 bridgehead atoms. The smallest absolute Gasteiger partial charge is 0.413 e. The SMILES string of the molecule is CC(C)(C)OC(=O)Nc1ccn(C(C)(C)C(=O)NC2CCCN(O)C2=O)n1. The number of piperidine rings is 1. The Morgan fingerprint density at radius 1 is 1.30 bits per heavy atom. The molecule has 0 saturated carbocycles. The molecule has 2 heterocycles. The second-order valence-electron chi connectivity index (χ2n) is 7.96. The zero-order chi connectivity index (χ0) is 20.4. The number of nitrogens with zero attached hydrogens (tertiary/aromatic N) is 3. The number of ether oxygens (including phenoxy) is 1. The summed E-state index contributed by atoms with van der Waals surface area (Å²) in [4.78, 5) is 36.4. The molecule has 3 N–H and O–H groups in total. The average molecular weight is 381 g/mol. The lowest BCUT2D eigenvalue weighted by atomic mass is 10.0. The van der Waals surface area contributed by atoms with Gasteiger partial charge in [0.25, 0.3) is 5.91 Å². The Morgan fingerprint density at radius 2 is 1.96 bits per heavy atom. The second kappa shape index (κ2) is 7.55. The highest BCUT2D eigenvalue weighted by molar-refractivity contribution is 5.90. The summed E-state index contributed by atoms with van der Waals surface area (Å²) < 4.78 is 6.55. The first-order chi connectivity index (χ1) is 12.4. The van der Waals surface area contributed by atoms with Crippen LogP contribution in [0.2, 0.25) is 0 Å². The highest BCUT2D eigenvalue weighted by Gasteiger charge is 2.36. The molecule has 10 heteroatoms. The minimum absolute atomic E-state index is 0.236. The van der Waals surface area contributed by atoms with Gasteiger partial charge >= 0.3 is 6.09 Å². The number of hydrogen-bond acceptors (Lipinski definition) is 6. The fraction of sp³-hybridized carbons (Fsp3) is 0.647. The Balaban J connectivity index is 2.03. The molecule has 1 unspecified atom stereocenters. The van der Waals surface area contributed by atoms with Gasteiger partial charge in [-0.1, -0.05) is 0 Å². The minimum Gasteiger partial charge on any atom is -0.444 e. The third-order valence-electron chi connectivity index (χ3n) is 4.07. The van der Waals surface area contributed by atoms with E-state index in [4.69, 9.17) is 4.74 Å². The third kappa shape index (κ3) is 5.19. The summed E-state index contributed by atoms with van der Waals surface area (Å²) in [5.41, 5.74) is -1.76. The Hall–Kier alpha value is -2.62. The maximum Gasteiger partial charge on any atom is 0.413 e. The predicted octanol–water partition coefficient (Wildman–Crippen LogP) is 1.46. The van der Waals surface area contributed by atoms with E-state index < -0.39 is 35.1 Å². The summed E-state index contributed by atoms with van der Waals surface area (Å²) in [6.07, 6.45) is 1.96. The lowest BCUT2D eigenvalue weighted by Crippen LogP contribution is -2.55. The molecule has 1 atom stereocenters. The largest absolute Gasteiger partial charge is 0.444 e. The Bertz CT molecular complexity index is 722. The third-order valence-corrected chi connectivity index (χ3v) is 4.07. The van der Waals surface area contributed by atoms with Gasteiger partial charge in [0.15, 0.2) is 5.82 Å². The first kappa shape index (κ1) is 20.7. The minimum atomic E-state index is -1.12. The van der Waals surface area contributed by atoms with E-state index in [2.05, 4.69) is 15.7 Å². The number of carbonyl (C=O) groups excluding carboxylic acids is 3. The number of anilines is 1. The van der Waals surface area contributed by atoms with E-state index in [1.807, 2.05) is 0 Å². The van der Waals surface area contributed by atoms with Gasteiger partial charge in [-0.3, -0.25) is 24.8 Å². The quantitative estimate of drug-likeness (QED) is 0.678. The standard InChI is InChI=1S/C17H27N5O5/c1-16(2,3)27-15(25)19-12-8-10-22(20-12)17(4,5)14(24)18-11-7-6-9-21(26)13(11)23/h8,10-11,26H,6-7,9H2,1-5H3,(H,18,24)(H,19,20,25). The Morgan fingerprint density at radius 3 is 2.59 bits per heavy atom. The molecule has 0 spiro atoms. The number of hydrogen-bond donors (Lipinski definition) is 3. The number of hydroxylamine groups is 2. The van der Waals surface area contributed by atoms with Crippen LogP contribution in [-0.2, 0) is 19.9 Å². The number of carbonyl (C=O) groups is 3. The predicted molar refractivity (Wildman–Crippen MR) is 96.1 cm³/mol. The molecule has 1 saturated heterocycles. The highest BCUT2D eigenvalue weighted by atomic mass is 16.6. The van der Waals surface area contributed by atoms with Gasteiger partial charge in [0.1, 0.15) is 17.2 Å². The van der Waals surface area contributed by atoms with Crippen molar-refractivity contribution in [1.82, 2.24) is 20.2 Å². The maximum absolute atomic E-state index is 12.7. The number of aromatic nitrogens is 2. The highest BCUT2D eigenvalue weighted by Crippen LogP contribution is 2.19. The number of rotatable bonds is 4. The van der Waals surface area contributed by atoms with Gasteiger partial charge in [0.2, 0.25) is 5.91 Å². The van der Waals surface area contributed by atoms with Crippen LogP contribution < -0.4 is 10.6 Å². The van der Waals surface area contributed by atoms with Crippen LogP contribution >= 0.6 is 0 Å². The molecule has 1 aromatic rings. The molecule has 27 heavy (non-hydrogen) atoms.